The Balaban J connectivity index is 1.51. The zero-order valence-corrected chi connectivity index (χ0v) is 21.5. The largest absolute Gasteiger partial charge is 0.495 e. The van der Waals surface area contributed by atoms with Gasteiger partial charge in [0.1, 0.15) is 5.75 Å². The second-order valence-electron chi connectivity index (χ2n) is 8.41. The smallest absolute Gasteiger partial charge is 0.265 e. The summed E-state index contributed by atoms with van der Waals surface area (Å²) < 4.78 is 10.6. The number of hydrogen-bond donors (Lipinski definition) is 2. The minimum Gasteiger partial charge on any atom is -0.495 e. The molecule has 1 aliphatic rings. The lowest BCUT2D eigenvalue weighted by Crippen LogP contribution is -2.47. The van der Waals surface area contributed by atoms with Crippen molar-refractivity contribution in [2.45, 2.75) is 6.42 Å². The maximum atomic E-state index is 13.2. The highest BCUT2D eigenvalue weighted by Crippen LogP contribution is 2.31. The van der Waals surface area contributed by atoms with E-state index in [-0.39, 0.29) is 11.8 Å². The molecule has 2 N–H and O–H groups in total. The standard InChI is InChI=1S/C27H32N4O4S/c1-34-17-6-12-28-26(32)21-19-20(29-27(33)25-9-5-18-36-25)10-11-22(21)30-13-15-31(16-14-30)23-7-3-4-8-24(23)35-2/h3-5,7-11,18-19H,6,12-17H2,1-2H3,(H,28,32)(H,29,33). The van der Waals surface area contributed by atoms with Crippen LogP contribution in [0.15, 0.2) is 60.0 Å². The normalized spacial score (nSPS) is 13.4. The number of thiophene rings is 1. The van der Waals surface area contributed by atoms with Gasteiger partial charge in [0.15, 0.2) is 0 Å². The van der Waals surface area contributed by atoms with Gasteiger partial charge < -0.3 is 29.9 Å². The molecule has 1 saturated heterocycles. The van der Waals surface area contributed by atoms with E-state index in [4.69, 9.17) is 9.47 Å². The molecule has 1 aliphatic heterocycles. The number of anilines is 3. The second kappa shape index (κ2) is 12.4. The molecule has 3 aromatic rings. The first-order valence-corrected chi connectivity index (χ1v) is 12.9. The van der Waals surface area contributed by atoms with Gasteiger partial charge in [0, 0.05) is 57.8 Å². The lowest BCUT2D eigenvalue weighted by molar-refractivity contribution is 0.0947. The van der Waals surface area contributed by atoms with Crippen molar-refractivity contribution >= 4 is 40.2 Å². The Hall–Kier alpha value is -3.56. The quantitative estimate of drug-likeness (QED) is 0.401. The lowest BCUT2D eigenvalue weighted by atomic mass is 10.1. The summed E-state index contributed by atoms with van der Waals surface area (Å²) in [5.41, 5.74) is 3.06. The summed E-state index contributed by atoms with van der Waals surface area (Å²) in [5.74, 6) is 0.503. The van der Waals surface area contributed by atoms with Gasteiger partial charge in [-0.25, -0.2) is 0 Å². The number of carbonyl (C=O) groups is 2. The molecule has 36 heavy (non-hydrogen) atoms. The van der Waals surface area contributed by atoms with Gasteiger partial charge in [-0.1, -0.05) is 18.2 Å². The zero-order chi connectivity index (χ0) is 25.3. The van der Waals surface area contributed by atoms with Crippen LogP contribution in [0.4, 0.5) is 17.1 Å². The molecule has 0 atom stereocenters. The SMILES string of the molecule is COCCCNC(=O)c1cc(NC(=O)c2cccs2)ccc1N1CCN(c2ccccc2OC)CC1. The van der Waals surface area contributed by atoms with Crippen LogP contribution >= 0.6 is 11.3 Å². The first kappa shape index (κ1) is 25.5. The van der Waals surface area contributed by atoms with E-state index in [1.165, 1.54) is 11.3 Å². The van der Waals surface area contributed by atoms with Crippen LogP contribution in [0.1, 0.15) is 26.5 Å². The maximum absolute atomic E-state index is 13.2. The molecular weight excluding hydrogens is 476 g/mol. The lowest BCUT2D eigenvalue weighted by Gasteiger charge is -2.38. The van der Waals surface area contributed by atoms with Crippen molar-refractivity contribution in [3.05, 3.63) is 70.4 Å². The summed E-state index contributed by atoms with van der Waals surface area (Å²) in [6.07, 6.45) is 0.726. The number of amides is 2. The fourth-order valence-corrected chi connectivity index (χ4v) is 4.88. The molecular formula is C27H32N4O4S. The fourth-order valence-electron chi connectivity index (χ4n) is 4.26. The van der Waals surface area contributed by atoms with Gasteiger partial charge in [-0.05, 0) is 48.2 Å². The number of benzene rings is 2. The van der Waals surface area contributed by atoms with Crippen LogP contribution in [0.2, 0.25) is 0 Å². The van der Waals surface area contributed by atoms with Crippen LogP contribution < -0.4 is 25.2 Å². The minimum absolute atomic E-state index is 0.166. The van der Waals surface area contributed by atoms with E-state index in [2.05, 4.69) is 26.5 Å². The van der Waals surface area contributed by atoms with Crippen molar-refractivity contribution in [3.63, 3.8) is 0 Å². The number of nitrogens with zero attached hydrogens (tertiary/aromatic N) is 2. The molecule has 0 unspecified atom stereocenters. The third-order valence-corrected chi connectivity index (χ3v) is 6.97. The van der Waals surface area contributed by atoms with Gasteiger partial charge in [-0.15, -0.1) is 11.3 Å². The third-order valence-electron chi connectivity index (χ3n) is 6.10. The summed E-state index contributed by atoms with van der Waals surface area (Å²) in [7, 11) is 3.33. The monoisotopic (exact) mass is 508 g/mol. The molecule has 0 radical (unpaired) electrons. The van der Waals surface area contributed by atoms with E-state index < -0.39 is 0 Å². The first-order chi connectivity index (χ1) is 17.6. The van der Waals surface area contributed by atoms with E-state index in [1.807, 2.05) is 41.8 Å². The Morgan fingerprint density at radius 2 is 1.67 bits per heavy atom. The Labute approximate surface area is 215 Å². The Morgan fingerprint density at radius 1 is 0.917 bits per heavy atom. The summed E-state index contributed by atoms with van der Waals surface area (Å²) in [4.78, 5) is 30.9. The van der Waals surface area contributed by atoms with E-state index in [0.29, 0.717) is 29.3 Å². The average Bonchev–Trinajstić information content (AvgIpc) is 3.46. The van der Waals surface area contributed by atoms with E-state index in [9.17, 15) is 9.59 Å². The highest BCUT2D eigenvalue weighted by atomic mass is 32.1. The average molecular weight is 509 g/mol. The van der Waals surface area contributed by atoms with Gasteiger partial charge in [-0.3, -0.25) is 9.59 Å². The van der Waals surface area contributed by atoms with Crippen LogP contribution in [0.25, 0.3) is 0 Å². The zero-order valence-electron chi connectivity index (χ0n) is 20.7. The van der Waals surface area contributed by atoms with Crippen LogP contribution in [0.3, 0.4) is 0 Å². The number of methoxy groups -OCH3 is 2. The number of carbonyl (C=O) groups excluding carboxylic acids is 2. The van der Waals surface area contributed by atoms with Gasteiger partial charge in [0.05, 0.1) is 23.2 Å². The summed E-state index contributed by atoms with van der Waals surface area (Å²) in [6.45, 7) is 4.19. The van der Waals surface area contributed by atoms with Gasteiger partial charge in [-0.2, -0.15) is 0 Å². The summed E-state index contributed by atoms with van der Waals surface area (Å²) in [5, 5.41) is 7.77. The highest BCUT2D eigenvalue weighted by molar-refractivity contribution is 7.12. The minimum atomic E-state index is -0.186. The topological polar surface area (TPSA) is 83.1 Å². The molecule has 190 valence electrons. The third kappa shape index (κ3) is 6.16. The number of para-hydroxylation sites is 2. The number of piperazine rings is 1. The summed E-state index contributed by atoms with van der Waals surface area (Å²) in [6, 6.07) is 17.2. The predicted octanol–water partition coefficient (Wildman–Crippen LogP) is 4.10. The van der Waals surface area contributed by atoms with Crippen molar-refractivity contribution in [1.29, 1.82) is 0 Å². The van der Waals surface area contributed by atoms with Gasteiger partial charge >= 0.3 is 0 Å². The van der Waals surface area contributed by atoms with Crippen molar-refractivity contribution in [2.75, 3.05) is 68.7 Å². The fraction of sp³-hybridized carbons (Fsp3) is 0.333. The Bertz CT molecular complexity index is 1160. The molecule has 0 aliphatic carbocycles. The number of rotatable bonds is 10. The number of nitrogens with one attached hydrogen (secondary N) is 2. The van der Waals surface area contributed by atoms with Crippen molar-refractivity contribution in [3.8, 4) is 5.75 Å². The molecule has 2 heterocycles. The Kier molecular flexibility index (Phi) is 8.80. The van der Waals surface area contributed by atoms with E-state index in [0.717, 1.165) is 49.7 Å². The Morgan fingerprint density at radius 3 is 2.36 bits per heavy atom. The molecule has 2 amide bonds. The van der Waals surface area contributed by atoms with E-state index >= 15 is 0 Å². The molecule has 9 heteroatoms. The van der Waals surface area contributed by atoms with Crippen LogP contribution in [0, 0.1) is 0 Å². The molecule has 0 saturated carbocycles. The molecule has 2 aromatic carbocycles. The number of hydrogen-bond acceptors (Lipinski definition) is 7. The van der Waals surface area contributed by atoms with Crippen molar-refractivity contribution < 1.29 is 19.1 Å². The van der Waals surface area contributed by atoms with Crippen molar-refractivity contribution in [1.82, 2.24) is 5.32 Å². The van der Waals surface area contributed by atoms with Crippen LogP contribution in [-0.4, -0.2) is 65.4 Å². The molecule has 1 fully saturated rings. The molecule has 4 rings (SSSR count). The highest BCUT2D eigenvalue weighted by Gasteiger charge is 2.24. The predicted molar refractivity (Wildman–Crippen MR) is 145 cm³/mol. The first-order valence-electron chi connectivity index (χ1n) is 12.0. The van der Waals surface area contributed by atoms with Crippen LogP contribution in [-0.2, 0) is 4.74 Å². The van der Waals surface area contributed by atoms with Gasteiger partial charge in [0.25, 0.3) is 11.8 Å². The molecule has 0 bridgehead atoms. The second-order valence-corrected chi connectivity index (χ2v) is 9.36. The number of ether oxygens (including phenoxy) is 2. The molecule has 0 spiro atoms. The van der Waals surface area contributed by atoms with Crippen molar-refractivity contribution in [2.24, 2.45) is 0 Å². The summed E-state index contributed by atoms with van der Waals surface area (Å²) >= 11 is 1.38. The maximum Gasteiger partial charge on any atom is 0.265 e. The van der Waals surface area contributed by atoms with Gasteiger partial charge in [0.2, 0.25) is 0 Å². The molecule has 1 aromatic heterocycles. The van der Waals surface area contributed by atoms with Crippen LogP contribution in [0.5, 0.6) is 5.75 Å². The molecule has 8 nitrogen and oxygen atoms in total. The van der Waals surface area contributed by atoms with E-state index in [1.54, 1.807) is 26.4 Å².